The van der Waals surface area contributed by atoms with Crippen LogP contribution < -0.4 is 4.74 Å². The van der Waals surface area contributed by atoms with Crippen molar-refractivity contribution in [3.8, 4) is 16.9 Å². The Morgan fingerprint density at radius 2 is 1.82 bits per heavy atom. The number of nitrogens with zero attached hydrogens (tertiary/aromatic N) is 2. The molecule has 1 aromatic heterocycles. The molecule has 0 spiro atoms. The molecule has 1 unspecified atom stereocenters. The lowest BCUT2D eigenvalue weighted by Gasteiger charge is -2.28. The molecule has 2 aliphatic rings. The van der Waals surface area contributed by atoms with E-state index in [9.17, 15) is 17.8 Å². The highest BCUT2D eigenvalue weighted by Gasteiger charge is 2.39. The standard InChI is InChI=1S/C19H22F2N2O2S.C5H8O2/c1-23-7-5-13(6-8-23)12-25-19-16(20)9-15(10-17(19)21)14-3-4-18(22-11-14)26(2)24;1-5(2-3-5)7-4-6/h3-4,9-11,13H,5-8,12H2,1-2H3;4H,2-3H2,1H3. The summed E-state index contributed by atoms with van der Waals surface area (Å²) in [6.45, 7) is 4.72. The quantitative estimate of drug-likeness (QED) is 0.554. The molecule has 6 nitrogen and oxygen atoms in total. The first-order valence-corrected chi connectivity index (χ1v) is 12.5. The lowest BCUT2D eigenvalue weighted by atomic mass is 9.98. The van der Waals surface area contributed by atoms with Crippen LogP contribution in [0.3, 0.4) is 0 Å². The minimum Gasteiger partial charge on any atom is -0.487 e. The van der Waals surface area contributed by atoms with Gasteiger partial charge in [-0.15, -0.1) is 0 Å². The fraction of sp³-hybridized carbons (Fsp3) is 0.500. The zero-order chi connectivity index (χ0) is 24.0. The second-order valence-corrected chi connectivity index (χ2v) is 10.2. The lowest BCUT2D eigenvalue weighted by molar-refractivity contribution is -0.134. The van der Waals surface area contributed by atoms with Gasteiger partial charge in [0.1, 0.15) is 10.6 Å². The van der Waals surface area contributed by atoms with E-state index in [0.29, 0.717) is 35.1 Å². The monoisotopic (exact) mass is 480 g/mol. The Labute approximate surface area is 195 Å². The Morgan fingerprint density at radius 3 is 2.27 bits per heavy atom. The average Bonchev–Trinajstić information content (AvgIpc) is 3.51. The van der Waals surface area contributed by atoms with Crippen LogP contribution in [0.25, 0.3) is 11.1 Å². The minimum absolute atomic E-state index is 0.0677. The number of carbonyl (C=O) groups is 1. The van der Waals surface area contributed by atoms with Crippen LogP contribution in [-0.2, 0) is 20.3 Å². The van der Waals surface area contributed by atoms with Crippen LogP contribution in [0.4, 0.5) is 8.78 Å². The predicted molar refractivity (Wildman–Crippen MR) is 122 cm³/mol. The minimum atomic E-state index is -1.20. The SMILES string of the molecule is CC1(OC=O)CC1.CN1CCC(COc2c(F)cc(-c3ccc(S(C)=O)nc3)cc2F)CC1. The third kappa shape index (κ3) is 7.30. The molecule has 1 saturated heterocycles. The van der Waals surface area contributed by atoms with Crippen LogP contribution in [-0.4, -0.2) is 59.2 Å². The van der Waals surface area contributed by atoms with Crippen LogP contribution in [0.5, 0.6) is 5.75 Å². The summed E-state index contributed by atoms with van der Waals surface area (Å²) in [6, 6.07) is 5.72. The summed E-state index contributed by atoms with van der Waals surface area (Å²) in [5.74, 6) is -1.46. The summed E-state index contributed by atoms with van der Waals surface area (Å²) in [7, 11) is 0.868. The Hall–Kier alpha value is -2.39. The maximum Gasteiger partial charge on any atom is 0.293 e. The van der Waals surface area contributed by atoms with Gasteiger partial charge in [0.2, 0.25) is 0 Å². The van der Waals surface area contributed by atoms with Crippen molar-refractivity contribution >= 4 is 17.3 Å². The Morgan fingerprint density at radius 1 is 1.18 bits per heavy atom. The zero-order valence-electron chi connectivity index (χ0n) is 19.2. The number of hydrogen-bond donors (Lipinski definition) is 0. The highest BCUT2D eigenvalue weighted by molar-refractivity contribution is 7.84. The van der Waals surface area contributed by atoms with Crippen molar-refractivity contribution in [2.45, 2.75) is 43.2 Å². The molecule has 2 fully saturated rings. The van der Waals surface area contributed by atoms with E-state index in [4.69, 9.17) is 4.74 Å². The highest BCUT2D eigenvalue weighted by Crippen LogP contribution is 2.37. The van der Waals surface area contributed by atoms with E-state index >= 15 is 0 Å². The maximum absolute atomic E-state index is 14.4. The van der Waals surface area contributed by atoms with E-state index in [2.05, 4.69) is 21.7 Å². The fourth-order valence-electron chi connectivity index (χ4n) is 3.43. The molecule has 1 atom stereocenters. The van der Waals surface area contributed by atoms with Crippen molar-refractivity contribution in [1.82, 2.24) is 9.88 Å². The molecule has 33 heavy (non-hydrogen) atoms. The lowest BCUT2D eigenvalue weighted by Crippen LogP contribution is -2.32. The van der Waals surface area contributed by atoms with Gasteiger partial charge in [-0.1, -0.05) is 6.07 Å². The van der Waals surface area contributed by atoms with Crippen molar-refractivity contribution in [2.24, 2.45) is 5.92 Å². The number of pyridine rings is 1. The molecular weight excluding hydrogens is 450 g/mol. The van der Waals surface area contributed by atoms with E-state index in [-0.39, 0.29) is 11.4 Å². The fourth-order valence-corrected chi connectivity index (χ4v) is 3.89. The van der Waals surface area contributed by atoms with Crippen LogP contribution in [0.1, 0.15) is 32.6 Å². The molecule has 1 aliphatic heterocycles. The Bertz CT molecular complexity index is 952. The van der Waals surface area contributed by atoms with Gasteiger partial charge < -0.3 is 14.4 Å². The van der Waals surface area contributed by atoms with Gasteiger partial charge in [-0.25, -0.2) is 13.8 Å². The summed E-state index contributed by atoms with van der Waals surface area (Å²) in [5, 5.41) is 0.424. The zero-order valence-corrected chi connectivity index (χ0v) is 20.0. The van der Waals surface area contributed by atoms with Crippen LogP contribution in [0.2, 0.25) is 0 Å². The first-order chi connectivity index (χ1) is 15.7. The number of ether oxygens (including phenoxy) is 2. The number of hydrogen-bond acceptors (Lipinski definition) is 6. The number of piperidine rings is 1. The van der Waals surface area contributed by atoms with E-state index in [1.165, 1.54) is 24.6 Å². The smallest absolute Gasteiger partial charge is 0.293 e. The Balaban J connectivity index is 0.000000374. The third-order valence-corrected chi connectivity index (χ3v) is 6.78. The summed E-state index contributed by atoms with van der Waals surface area (Å²) < 4.78 is 50.3. The van der Waals surface area contributed by atoms with Gasteiger partial charge in [0.05, 0.1) is 17.4 Å². The number of benzene rings is 1. The van der Waals surface area contributed by atoms with Crippen molar-refractivity contribution < 1.29 is 27.3 Å². The number of halogens is 2. The molecule has 2 heterocycles. The number of rotatable bonds is 7. The van der Waals surface area contributed by atoms with Crippen molar-refractivity contribution in [3.05, 3.63) is 42.1 Å². The maximum atomic E-state index is 14.4. The molecule has 2 aromatic rings. The second-order valence-electron chi connectivity index (χ2n) is 8.83. The molecule has 180 valence electrons. The molecule has 1 aromatic carbocycles. The molecule has 1 aliphatic carbocycles. The summed E-state index contributed by atoms with van der Waals surface area (Å²) >= 11 is 0. The van der Waals surface area contributed by atoms with Gasteiger partial charge in [0.15, 0.2) is 17.4 Å². The van der Waals surface area contributed by atoms with E-state index < -0.39 is 22.4 Å². The van der Waals surface area contributed by atoms with Gasteiger partial charge >= 0.3 is 0 Å². The first kappa shape index (κ1) is 25.2. The normalized spacial score (nSPS) is 18.6. The summed E-state index contributed by atoms with van der Waals surface area (Å²) in [4.78, 5) is 15.9. The summed E-state index contributed by atoms with van der Waals surface area (Å²) in [6.07, 6.45) is 6.99. The van der Waals surface area contributed by atoms with Crippen molar-refractivity contribution in [2.75, 3.05) is 33.0 Å². The Kier molecular flexibility index (Phi) is 8.53. The number of carbonyl (C=O) groups excluding carboxylic acids is 1. The highest BCUT2D eigenvalue weighted by atomic mass is 32.2. The molecule has 4 rings (SSSR count). The first-order valence-electron chi connectivity index (χ1n) is 10.9. The molecule has 0 radical (unpaired) electrons. The van der Waals surface area contributed by atoms with Crippen LogP contribution in [0.15, 0.2) is 35.5 Å². The van der Waals surface area contributed by atoms with E-state index in [1.807, 2.05) is 6.92 Å². The topological polar surface area (TPSA) is 68.7 Å². The van der Waals surface area contributed by atoms with Gasteiger partial charge in [-0.3, -0.25) is 9.00 Å². The molecule has 0 bridgehead atoms. The molecule has 1 saturated carbocycles. The largest absolute Gasteiger partial charge is 0.487 e. The second kappa shape index (κ2) is 11.2. The third-order valence-electron chi connectivity index (χ3n) is 5.95. The molecule has 0 N–H and O–H groups in total. The van der Waals surface area contributed by atoms with Crippen LogP contribution >= 0.6 is 0 Å². The van der Waals surface area contributed by atoms with Crippen molar-refractivity contribution in [1.29, 1.82) is 0 Å². The van der Waals surface area contributed by atoms with Gasteiger partial charge in [-0.2, -0.15) is 0 Å². The van der Waals surface area contributed by atoms with Gasteiger partial charge in [0, 0.05) is 18.0 Å². The average molecular weight is 481 g/mol. The summed E-state index contributed by atoms with van der Waals surface area (Å²) in [5.41, 5.74) is 0.855. The van der Waals surface area contributed by atoms with Gasteiger partial charge in [0.25, 0.3) is 6.47 Å². The van der Waals surface area contributed by atoms with E-state index in [1.54, 1.807) is 12.1 Å². The molecule has 0 amide bonds. The predicted octanol–water partition coefficient (Wildman–Crippen LogP) is 4.20. The molecule has 9 heteroatoms. The number of likely N-dealkylation sites (tertiary alicyclic amines) is 1. The van der Waals surface area contributed by atoms with Crippen LogP contribution in [0, 0.1) is 17.6 Å². The van der Waals surface area contributed by atoms with Crippen molar-refractivity contribution in [3.63, 3.8) is 0 Å². The number of aromatic nitrogens is 1. The van der Waals surface area contributed by atoms with E-state index in [0.717, 1.165) is 38.8 Å². The van der Waals surface area contributed by atoms with Gasteiger partial charge in [-0.05, 0) is 82.4 Å². The molecular formula is C24H30F2N2O4S.